The minimum atomic E-state index is -0.235. The number of anilines is 1. The van der Waals surface area contributed by atoms with Gasteiger partial charge in [-0.1, -0.05) is 55.8 Å². The van der Waals surface area contributed by atoms with Gasteiger partial charge in [0.05, 0.1) is 16.8 Å². The Morgan fingerprint density at radius 1 is 0.963 bits per heavy atom. The van der Waals surface area contributed by atoms with Crippen LogP contribution in [0.4, 0.5) is 5.69 Å². The van der Waals surface area contributed by atoms with Gasteiger partial charge in [-0.25, -0.2) is 0 Å². The van der Waals surface area contributed by atoms with E-state index in [9.17, 15) is 4.79 Å². The molecule has 0 heterocycles. The largest absolute Gasteiger partial charge is 0.491 e. The Kier molecular flexibility index (Phi) is 6.71. The summed E-state index contributed by atoms with van der Waals surface area (Å²) in [5, 5.41) is 5.02. The van der Waals surface area contributed by atoms with Crippen molar-refractivity contribution < 1.29 is 14.3 Å². The number of ether oxygens (including phenoxy) is 2. The van der Waals surface area contributed by atoms with Gasteiger partial charge in [0.15, 0.2) is 6.61 Å². The number of unbranched alkanes of at least 4 members (excludes halogenated alkanes) is 1. The molecule has 0 aliphatic heterocycles. The van der Waals surface area contributed by atoms with E-state index in [-0.39, 0.29) is 12.5 Å². The van der Waals surface area contributed by atoms with Crippen LogP contribution in [0.25, 0.3) is 10.8 Å². The number of nitrogens with one attached hydrogen (secondary N) is 1. The van der Waals surface area contributed by atoms with E-state index in [0.29, 0.717) is 23.8 Å². The normalized spacial score (nSPS) is 10.6. The van der Waals surface area contributed by atoms with Crippen LogP contribution < -0.4 is 14.8 Å². The maximum atomic E-state index is 12.3. The highest BCUT2D eigenvalue weighted by atomic mass is 79.9. The summed E-state index contributed by atoms with van der Waals surface area (Å²) in [6.07, 6.45) is 2.03. The molecule has 0 unspecified atom stereocenters. The number of halogens is 1. The summed E-state index contributed by atoms with van der Waals surface area (Å²) in [5.41, 5.74) is 0.653. The smallest absolute Gasteiger partial charge is 0.262 e. The average Bonchev–Trinajstić information content (AvgIpc) is 2.69. The van der Waals surface area contributed by atoms with Crippen LogP contribution >= 0.6 is 15.9 Å². The van der Waals surface area contributed by atoms with Gasteiger partial charge < -0.3 is 14.8 Å². The molecule has 5 heteroatoms. The highest BCUT2D eigenvalue weighted by Crippen LogP contribution is 2.33. The molecule has 140 valence electrons. The molecule has 1 N–H and O–H groups in total. The summed E-state index contributed by atoms with van der Waals surface area (Å²) >= 11 is 3.57. The van der Waals surface area contributed by atoms with E-state index < -0.39 is 0 Å². The van der Waals surface area contributed by atoms with Gasteiger partial charge in [0.1, 0.15) is 11.5 Å². The molecular weight excluding hydrogens is 406 g/mol. The standard InChI is InChI=1S/C22H22BrNO3/c1-2-3-14-26-19-11-7-6-10-18(19)24-21(25)15-27-20-13-12-16-8-4-5-9-17(16)22(20)23/h4-13H,2-3,14-15H2,1H3,(H,24,25). The van der Waals surface area contributed by atoms with Gasteiger partial charge in [0, 0.05) is 0 Å². The molecule has 0 fully saturated rings. The molecule has 4 nitrogen and oxygen atoms in total. The van der Waals surface area contributed by atoms with Gasteiger partial charge in [-0.05, 0) is 51.3 Å². The van der Waals surface area contributed by atoms with Gasteiger partial charge in [-0.15, -0.1) is 0 Å². The molecular formula is C22H22BrNO3. The second kappa shape index (κ2) is 9.42. The lowest BCUT2D eigenvalue weighted by molar-refractivity contribution is -0.118. The van der Waals surface area contributed by atoms with E-state index in [1.54, 1.807) is 0 Å². The van der Waals surface area contributed by atoms with Crippen LogP contribution in [-0.2, 0) is 4.79 Å². The quantitative estimate of drug-likeness (QED) is 0.462. The van der Waals surface area contributed by atoms with Crippen LogP contribution in [-0.4, -0.2) is 19.1 Å². The average molecular weight is 428 g/mol. The highest BCUT2D eigenvalue weighted by molar-refractivity contribution is 9.10. The van der Waals surface area contributed by atoms with Crippen molar-refractivity contribution in [2.75, 3.05) is 18.5 Å². The number of para-hydroxylation sites is 2. The molecule has 0 saturated carbocycles. The van der Waals surface area contributed by atoms with Crippen molar-refractivity contribution in [3.05, 3.63) is 65.1 Å². The molecule has 3 rings (SSSR count). The lowest BCUT2D eigenvalue weighted by atomic mass is 10.1. The third kappa shape index (κ3) is 5.01. The molecule has 3 aromatic rings. The molecule has 3 aromatic carbocycles. The summed E-state index contributed by atoms with van der Waals surface area (Å²) < 4.78 is 12.3. The van der Waals surface area contributed by atoms with Crippen molar-refractivity contribution >= 4 is 38.3 Å². The summed E-state index contributed by atoms with van der Waals surface area (Å²) in [4.78, 5) is 12.3. The van der Waals surface area contributed by atoms with Crippen molar-refractivity contribution in [3.8, 4) is 11.5 Å². The Morgan fingerprint density at radius 3 is 2.59 bits per heavy atom. The fourth-order valence-electron chi connectivity index (χ4n) is 2.68. The lowest BCUT2D eigenvalue weighted by Crippen LogP contribution is -2.20. The number of hydrogen-bond acceptors (Lipinski definition) is 3. The van der Waals surface area contributed by atoms with Gasteiger partial charge >= 0.3 is 0 Å². The molecule has 0 spiro atoms. The number of fused-ring (bicyclic) bond motifs is 1. The SMILES string of the molecule is CCCCOc1ccccc1NC(=O)COc1ccc2ccccc2c1Br. The van der Waals surface area contributed by atoms with Gasteiger partial charge in [-0.3, -0.25) is 4.79 Å². The van der Waals surface area contributed by atoms with Gasteiger partial charge in [-0.2, -0.15) is 0 Å². The van der Waals surface area contributed by atoms with Crippen molar-refractivity contribution in [2.45, 2.75) is 19.8 Å². The van der Waals surface area contributed by atoms with E-state index in [4.69, 9.17) is 9.47 Å². The van der Waals surface area contributed by atoms with Crippen LogP contribution in [0.15, 0.2) is 65.1 Å². The maximum absolute atomic E-state index is 12.3. The Labute approximate surface area is 167 Å². The zero-order valence-corrected chi connectivity index (χ0v) is 16.8. The molecule has 0 aromatic heterocycles. The zero-order chi connectivity index (χ0) is 19.1. The van der Waals surface area contributed by atoms with Crippen molar-refractivity contribution in [2.24, 2.45) is 0 Å². The molecule has 0 saturated heterocycles. The van der Waals surface area contributed by atoms with Crippen LogP contribution in [0.3, 0.4) is 0 Å². The summed E-state index contributed by atoms with van der Waals surface area (Å²) in [6, 6.07) is 19.3. The molecule has 1 amide bonds. The van der Waals surface area contributed by atoms with Crippen molar-refractivity contribution in [1.82, 2.24) is 0 Å². The monoisotopic (exact) mass is 427 g/mol. The van der Waals surface area contributed by atoms with Crippen LogP contribution in [0.1, 0.15) is 19.8 Å². The van der Waals surface area contributed by atoms with E-state index in [1.807, 2.05) is 60.7 Å². The number of carbonyl (C=O) groups excluding carboxylic acids is 1. The number of hydrogen-bond donors (Lipinski definition) is 1. The van der Waals surface area contributed by atoms with Gasteiger partial charge in [0.25, 0.3) is 5.91 Å². The second-order valence-electron chi connectivity index (χ2n) is 6.13. The molecule has 0 aliphatic rings. The van der Waals surface area contributed by atoms with E-state index >= 15 is 0 Å². The predicted octanol–water partition coefficient (Wildman–Crippen LogP) is 5.80. The minimum Gasteiger partial charge on any atom is -0.491 e. The fraction of sp³-hybridized carbons (Fsp3) is 0.227. The first kappa shape index (κ1) is 19.2. The van der Waals surface area contributed by atoms with Crippen LogP contribution in [0.2, 0.25) is 0 Å². The Hall–Kier alpha value is -2.53. The Balaban J connectivity index is 1.63. The number of benzene rings is 3. The van der Waals surface area contributed by atoms with Crippen LogP contribution in [0, 0.1) is 0 Å². The molecule has 0 atom stereocenters. The first-order chi connectivity index (χ1) is 13.2. The number of rotatable bonds is 8. The topological polar surface area (TPSA) is 47.6 Å². The molecule has 27 heavy (non-hydrogen) atoms. The molecule has 0 radical (unpaired) electrons. The molecule has 0 aliphatic carbocycles. The lowest BCUT2D eigenvalue weighted by Gasteiger charge is -2.13. The summed E-state index contributed by atoms with van der Waals surface area (Å²) in [6.45, 7) is 2.66. The zero-order valence-electron chi connectivity index (χ0n) is 15.2. The third-order valence-corrected chi connectivity index (χ3v) is 4.92. The van der Waals surface area contributed by atoms with E-state index in [2.05, 4.69) is 28.2 Å². The van der Waals surface area contributed by atoms with Gasteiger partial charge in [0.2, 0.25) is 0 Å². The first-order valence-electron chi connectivity index (χ1n) is 9.00. The summed E-state index contributed by atoms with van der Waals surface area (Å²) in [5.74, 6) is 1.07. The molecule has 0 bridgehead atoms. The van der Waals surface area contributed by atoms with Crippen molar-refractivity contribution in [3.63, 3.8) is 0 Å². The predicted molar refractivity (Wildman–Crippen MR) is 113 cm³/mol. The number of amides is 1. The Morgan fingerprint density at radius 2 is 1.74 bits per heavy atom. The first-order valence-corrected chi connectivity index (χ1v) is 9.80. The van der Waals surface area contributed by atoms with Crippen LogP contribution in [0.5, 0.6) is 11.5 Å². The number of carbonyl (C=O) groups is 1. The third-order valence-electron chi connectivity index (χ3n) is 4.10. The Bertz CT molecular complexity index is 926. The maximum Gasteiger partial charge on any atom is 0.262 e. The fourth-order valence-corrected chi connectivity index (χ4v) is 3.28. The summed E-state index contributed by atoms with van der Waals surface area (Å²) in [7, 11) is 0. The van der Waals surface area contributed by atoms with E-state index in [1.165, 1.54) is 0 Å². The van der Waals surface area contributed by atoms with Crippen molar-refractivity contribution in [1.29, 1.82) is 0 Å². The minimum absolute atomic E-state index is 0.0831. The second-order valence-corrected chi connectivity index (χ2v) is 6.93. The highest BCUT2D eigenvalue weighted by Gasteiger charge is 2.11. The van der Waals surface area contributed by atoms with E-state index in [0.717, 1.165) is 28.1 Å².